The molecule has 1 aromatic carbocycles. The molecule has 8 heteroatoms. The molecule has 21 heavy (non-hydrogen) atoms. The van der Waals surface area contributed by atoms with Gasteiger partial charge in [0.15, 0.2) is 0 Å². The molecule has 0 saturated carbocycles. The number of halogens is 1. The minimum Gasteiger partial charge on any atom is -0.297 e. The minimum atomic E-state index is -0.638. The number of aromatic amines is 1. The maximum absolute atomic E-state index is 12.6. The van der Waals surface area contributed by atoms with Crippen LogP contribution in [0.25, 0.3) is 16.3 Å². The molecule has 0 unspecified atom stereocenters. The van der Waals surface area contributed by atoms with E-state index in [2.05, 4.69) is 14.3 Å². The second-order valence-electron chi connectivity index (χ2n) is 4.25. The van der Waals surface area contributed by atoms with Gasteiger partial charge in [0.1, 0.15) is 11.0 Å². The van der Waals surface area contributed by atoms with Gasteiger partial charge in [-0.05, 0) is 12.5 Å². The maximum Gasteiger partial charge on any atom is 0.336 e. The number of hydrogen-bond donors (Lipinski definition) is 1. The van der Waals surface area contributed by atoms with Crippen LogP contribution in [0.15, 0.2) is 39.9 Å². The van der Waals surface area contributed by atoms with Crippen molar-refractivity contribution in [2.24, 2.45) is 0 Å². The standard InChI is InChI=1S/C13H9ClN4O2S/c1-7-15-13(21-17-7)18-11(19)9(10(14)16-12(18)20)8-5-3-2-4-6-8/h2-6H,1H3,(H,16,20). The molecule has 2 heterocycles. The lowest BCUT2D eigenvalue weighted by molar-refractivity contribution is 0.865. The van der Waals surface area contributed by atoms with E-state index in [0.29, 0.717) is 11.4 Å². The van der Waals surface area contributed by atoms with Crippen LogP contribution in [0.1, 0.15) is 5.82 Å². The molecule has 0 aliphatic carbocycles. The van der Waals surface area contributed by atoms with E-state index in [-0.39, 0.29) is 15.8 Å². The maximum atomic E-state index is 12.6. The average Bonchev–Trinajstić information content (AvgIpc) is 2.85. The number of nitrogens with one attached hydrogen (secondary N) is 1. The highest BCUT2D eigenvalue weighted by Crippen LogP contribution is 2.21. The number of aryl methyl sites for hydroxylation is 1. The van der Waals surface area contributed by atoms with Gasteiger partial charge >= 0.3 is 5.69 Å². The van der Waals surface area contributed by atoms with E-state index in [9.17, 15) is 9.59 Å². The van der Waals surface area contributed by atoms with Gasteiger partial charge in [0.2, 0.25) is 5.13 Å². The Morgan fingerprint density at radius 1 is 1.24 bits per heavy atom. The van der Waals surface area contributed by atoms with Crippen LogP contribution >= 0.6 is 23.1 Å². The predicted octanol–water partition coefficient (Wildman–Crippen LogP) is 2.01. The van der Waals surface area contributed by atoms with Gasteiger partial charge in [-0.3, -0.25) is 9.78 Å². The Morgan fingerprint density at radius 3 is 2.57 bits per heavy atom. The molecule has 6 nitrogen and oxygen atoms in total. The van der Waals surface area contributed by atoms with Crippen LogP contribution in [-0.4, -0.2) is 18.9 Å². The van der Waals surface area contributed by atoms with E-state index < -0.39 is 11.2 Å². The summed E-state index contributed by atoms with van der Waals surface area (Å²) in [5.74, 6) is 0.498. The van der Waals surface area contributed by atoms with Gasteiger partial charge in [-0.15, -0.1) is 0 Å². The van der Waals surface area contributed by atoms with Crippen molar-refractivity contribution in [1.82, 2.24) is 18.9 Å². The summed E-state index contributed by atoms with van der Waals surface area (Å²) in [5, 5.41) is 0.223. The fraction of sp³-hybridized carbons (Fsp3) is 0.0769. The second kappa shape index (κ2) is 5.27. The first-order valence-corrected chi connectivity index (χ1v) is 7.14. The van der Waals surface area contributed by atoms with Gasteiger partial charge in [0.25, 0.3) is 5.56 Å². The van der Waals surface area contributed by atoms with E-state index in [0.717, 1.165) is 16.1 Å². The van der Waals surface area contributed by atoms with E-state index in [1.807, 2.05) is 6.07 Å². The molecule has 0 radical (unpaired) electrons. The smallest absolute Gasteiger partial charge is 0.297 e. The molecule has 3 rings (SSSR count). The Hall–Kier alpha value is -2.25. The Bertz CT molecular complexity index is 914. The fourth-order valence-corrected chi connectivity index (χ4v) is 2.86. The zero-order valence-corrected chi connectivity index (χ0v) is 12.4. The highest BCUT2D eigenvalue weighted by atomic mass is 35.5. The molecule has 0 bridgehead atoms. The molecule has 0 saturated heterocycles. The van der Waals surface area contributed by atoms with Crippen LogP contribution in [0.3, 0.4) is 0 Å². The van der Waals surface area contributed by atoms with Gasteiger partial charge < -0.3 is 0 Å². The van der Waals surface area contributed by atoms with E-state index in [4.69, 9.17) is 11.6 Å². The molecule has 0 fully saturated rings. The Labute approximate surface area is 127 Å². The zero-order chi connectivity index (χ0) is 15.0. The molecule has 106 valence electrons. The van der Waals surface area contributed by atoms with Crippen LogP contribution < -0.4 is 11.2 Å². The van der Waals surface area contributed by atoms with Crippen molar-refractivity contribution in [1.29, 1.82) is 0 Å². The van der Waals surface area contributed by atoms with Crippen LogP contribution in [0.2, 0.25) is 5.15 Å². The quantitative estimate of drug-likeness (QED) is 0.732. The number of benzene rings is 1. The summed E-state index contributed by atoms with van der Waals surface area (Å²) in [5.41, 5.74) is -0.310. The SMILES string of the molecule is Cc1nsc(-n2c(=O)[nH]c(Cl)c(-c3ccccc3)c2=O)n1. The van der Waals surface area contributed by atoms with E-state index in [1.165, 1.54) is 0 Å². The number of hydrogen-bond acceptors (Lipinski definition) is 5. The molecule has 1 N–H and O–H groups in total. The lowest BCUT2D eigenvalue weighted by atomic mass is 10.1. The third-order valence-electron chi connectivity index (χ3n) is 2.83. The molecule has 0 spiro atoms. The summed E-state index contributed by atoms with van der Waals surface area (Å²) in [4.78, 5) is 31.2. The highest BCUT2D eigenvalue weighted by Gasteiger charge is 2.17. The predicted molar refractivity (Wildman–Crippen MR) is 81.3 cm³/mol. The third kappa shape index (κ3) is 2.41. The lowest BCUT2D eigenvalue weighted by Crippen LogP contribution is -2.34. The molecule has 0 atom stereocenters. The van der Waals surface area contributed by atoms with Crippen molar-refractivity contribution in [3.63, 3.8) is 0 Å². The third-order valence-corrected chi connectivity index (χ3v) is 3.90. The molecule has 0 amide bonds. The van der Waals surface area contributed by atoms with Crippen molar-refractivity contribution in [2.45, 2.75) is 6.92 Å². The molecule has 3 aromatic rings. The number of rotatable bonds is 2. The van der Waals surface area contributed by atoms with Gasteiger partial charge in [0.05, 0.1) is 5.56 Å². The zero-order valence-electron chi connectivity index (χ0n) is 10.8. The van der Waals surface area contributed by atoms with Gasteiger partial charge in [-0.2, -0.15) is 4.37 Å². The summed E-state index contributed by atoms with van der Waals surface area (Å²) < 4.78 is 4.93. The first kappa shape index (κ1) is 13.7. The largest absolute Gasteiger partial charge is 0.336 e. The summed E-state index contributed by atoms with van der Waals surface area (Å²) in [6.07, 6.45) is 0. The monoisotopic (exact) mass is 320 g/mol. The number of H-pyrrole nitrogens is 1. The van der Waals surface area contributed by atoms with Crippen LogP contribution in [0.4, 0.5) is 0 Å². The molecular formula is C13H9ClN4O2S. The summed E-state index contributed by atoms with van der Waals surface area (Å²) in [6, 6.07) is 8.90. The molecule has 0 aliphatic rings. The van der Waals surface area contributed by atoms with Crippen molar-refractivity contribution in [2.75, 3.05) is 0 Å². The van der Waals surface area contributed by atoms with Crippen LogP contribution in [0.5, 0.6) is 0 Å². The first-order valence-electron chi connectivity index (χ1n) is 5.99. The van der Waals surface area contributed by atoms with Crippen LogP contribution in [0, 0.1) is 6.92 Å². The van der Waals surface area contributed by atoms with Crippen LogP contribution in [-0.2, 0) is 0 Å². The van der Waals surface area contributed by atoms with Crippen molar-refractivity contribution < 1.29 is 0 Å². The average molecular weight is 321 g/mol. The minimum absolute atomic E-state index is 0.00804. The Kier molecular flexibility index (Phi) is 3.44. The first-order chi connectivity index (χ1) is 10.1. The summed E-state index contributed by atoms with van der Waals surface area (Å²) in [6.45, 7) is 1.69. The van der Waals surface area contributed by atoms with Gasteiger partial charge in [0, 0.05) is 11.5 Å². The highest BCUT2D eigenvalue weighted by molar-refractivity contribution is 7.08. The topological polar surface area (TPSA) is 80.6 Å². The number of nitrogens with zero attached hydrogens (tertiary/aromatic N) is 3. The van der Waals surface area contributed by atoms with E-state index in [1.54, 1.807) is 31.2 Å². The molecule has 0 aliphatic heterocycles. The molecular weight excluding hydrogens is 312 g/mol. The second-order valence-corrected chi connectivity index (χ2v) is 5.36. The Morgan fingerprint density at radius 2 is 1.95 bits per heavy atom. The Balaban J connectivity index is 2.34. The summed E-state index contributed by atoms with van der Waals surface area (Å²) in [7, 11) is 0. The lowest BCUT2D eigenvalue weighted by Gasteiger charge is -2.06. The van der Waals surface area contributed by atoms with Gasteiger partial charge in [-0.25, -0.2) is 14.3 Å². The molecule has 2 aromatic heterocycles. The van der Waals surface area contributed by atoms with E-state index >= 15 is 0 Å². The van der Waals surface area contributed by atoms with Crippen molar-refractivity contribution in [3.8, 4) is 16.3 Å². The fourth-order valence-electron chi connectivity index (χ4n) is 1.92. The van der Waals surface area contributed by atoms with Gasteiger partial charge in [-0.1, -0.05) is 41.9 Å². The van der Waals surface area contributed by atoms with Crippen molar-refractivity contribution in [3.05, 3.63) is 62.1 Å². The summed E-state index contributed by atoms with van der Waals surface area (Å²) >= 11 is 7.01. The number of aromatic nitrogens is 4. The van der Waals surface area contributed by atoms with Crippen molar-refractivity contribution >= 4 is 23.1 Å². The normalized spacial score (nSPS) is 10.8.